The number of benzene rings is 1. The molecule has 0 aliphatic carbocycles. The lowest BCUT2D eigenvalue weighted by Crippen LogP contribution is -2.23. The molecule has 6 nitrogen and oxygen atoms in total. The van der Waals surface area contributed by atoms with Crippen molar-refractivity contribution in [2.24, 2.45) is 0 Å². The number of nitrogens with zero attached hydrogens (tertiary/aromatic N) is 2. The Morgan fingerprint density at radius 3 is 2.75 bits per heavy atom. The zero-order valence-corrected chi connectivity index (χ0v) is 12.0. The first-order valence-electron chi connectivity index (χ1n) is 6.34. The highest BCUT2D eigenvalue weighted by Crippen LogP contribution is 2.36. The Labute approximate surface area is 117 Å². The molecule has 0 saturated carbocycles. The Bertz CT molecular complexity index is 593. The number of phenolic OH excluding ortho intramolecular Hbond substituents is 1. The van der Waals surface area contributed by atoms with Crippen LogP contribution in [-0.2, 0) is 10.3 Å². The van der Waals surface area contributed by atoms with E-state index in [1.165, 1.54) is 7.11 Å². The summed E-state index contributed by atoms with van der Waals surface area (Å²) in [7, 11) is 1.48. The fourth-order valence-corrected chi connectivity index (χ4v) is 1.86. The van der Waals surface area contributed by atoms with Crippen molar-refractivity contribution >= 4 is 0 Å². The zero-order chi connectivity index (χ0) is 14.8. The van der Waals surface area contributed by atoms with Gasteiger partial charge in [0, 0.05) is 6.61 Å². The molecule has 0 saturated heterocycles. The minimum absolute atomic E-state index is 0.0283. The molecule has 1 N–H and O–H groups in total. The first-order valence-corrected chi connectivity index (χ1v) is 6.34. The molecule has 1 aromatic carbocycles. The van der Waals surface area contributed by atoms with E-state index >= 15 is 0 Å². The Morgan fingerprint density at radius 2 is 2.10 bits per heavy atom. The van der Waals surface area contributed by atoms with Gasteiger partial charge in [-0.2, -0.15) is 4.98 Å². The van der Waals surface area contributed by atoms with Crippen molar-refractivity contribution in [3.63, 3.8) is 0 Å². The van der Waals surface area contributed by atoms with Crippen LogP contribution < -0.4 is 4.74 Å². The lowest BCUT2D eigenvalue weighted by atomic mass is 10.1. The van der Waals surface area contributed by atoms with E-state index in [9.17, 15) is 5.11 Å². The van der Waals surface area contributed by atoms with Crippen molar-refractivity contribution in [1.82, 2.24) is 10.1 Å². The highest BCUT2D eigenvalue weighted by Gasteiger charge is 2.28. The summed E-state index contributed by atoms with van der Waals surface area (Å²) < 4.78 is 15.8. The topological polar surface area (TPSA) is 77.6 Å². The zero-order valence-electron chi connectivity index (χ0n) is 12.0. The molecule has 0 aliphatic heterocycles. The molecule has 108 valence electrons. The number of methoxy groups -OCH3 is 1. The van der Waals surface area contributed by atoms with Gasteiger partial charge in [0.25, 0.3) is 5.89 Å². The molecule has 2 aromatic rings. The van der Waals surface area contributed by atoms with Crippen molar-refractivity contribution < 1.29 is 19.1 Å². The van der Waals surface area contributed by atoms with Gasteiger partial charge in [0.15, 0.2) is 11.5 Å². The van der Waals surface area contributed by atoms with Crippen LogP contribution in [0.25, 0.3) is 11.5 Å². The molecular formula is C14H18N2O4. The monoisotopic (exact) mass is 278 g/mol. The third-order valence-electron chi connectivity index (χ3n) is 2.92. The number of para-hydroxylation sites is 1. The van der Waals surface area contributed by atoms with E-state index in [0.29, 0.717) is 23.7 Å². The molecule has 6 heteroatoms. The summed E-state index contributed by atoms with van der Waals surface area (Å²) in [5, 5.41) is 14.0. The smallest absolute Gasteiger partial charge is 0.261 e. The summed E-state index contributed by atoms with van der Waals surface area (Å²) in [6.07, 6.45) is 0. The molecule has 1 aromatic heterocycles. The predicted molar refractivity (Wildman–Crippen MR) is 72.6 cm³/mol. The number of hydrogen-bond donors (Lipinski definition) is 1. The maximum atomic E-state index is 10.1. The van der Waals surface area contributed by atoms with Crippen molar-refractivity contribution in [3.8, 4) is 23.0 Å². The minimum Gasteiger partial charge on any atom is -0.504 e. The van der Waals surface area contributed by atoms with Crippen LogP contribution in [0.4, 0.5) is 0 Å². The molecule has 2 rings (SSSR count). The van der Waals surface area contributed by atoms with E-state index in [1.807, 2.05) is 20.8 Å². The maximum absolute atomic E-state index is 10.1. The molecule has 0 aliphatic rings. The van der Waals surface area contributed by atoms with E-state index in [1.54, 1.807) is 18.2 Å². The van der Waals surface area contributed by atoms with Crippen LogP contribution in [-0.4, -0.2) is 29.0 Å². The highest BCUT2D eigenvalue weighted by molar-refractivity contribution is 5.66. The molecular weight excluding hydrogens is 260 g/mol. The van der Waals surface area contributed by atoms with Crippen molar-refractivity contribution in [2.45, 2.75) is 26.4 Å². The van der Waals surface area contributed by atoms with Crippen molar-refractivity contribution in [2.75, 3.05) is 13.7 Å². The van der Waals surface area contributed by atoms with Crippen LogP contribution >= 0.6 is 0 Å². The summed E-state index contributed by atoms with van der Waals surface area (Å²) >= 11 is 0. The lowest BCUT2D eigenvalue weighted by Gasteiger charge is -2.19. The summed E-state index contributed by atoms with van der Waals surface area (Å²) in [6, 6.07) is 5.08. The molecule has 0 amide bonds. The van der Waals surface area contributed by atoms with E-state index in [2.05, 4.69) is 10.1 Å². The van der Waals surface area contributed by atoms with Gasteiger partial charge in [-0.25, -0.2) is 0 Å². The first kappa shape index (κ1) is 14.3. The van der Waals surface area contributed by atoms with Crippen LogP contribution in [0.15, 0.2) is 22.7 Å². The van der Waals surface area contributed by atoms with E-state index in [0.717, 1.165) is 0 Å². The third kappa shape index (κ3) is 2.60. The molecule has 0 unspecified atom stereocenters. The summed E-state index contributed by atoms with van der Waals surface area (Å²) in [5.41, 5.74) is -0.222. The molecule has 0 fully saturated rings. The van der Waals surface area contributed by atoms with Crippen LogP contribution in [0.1, 0.15) is 26.6 Å². The van der Waals surface area contributed by atoms with Gasteiger partial charge in [-0.3, -0.25) is 0 Å². The van der Waals surface area contributed by atoms with Crippen LogP contribution in [0.2, 0.25) is 0 Å². The van der Waals surface area contributed by atoms with Gasteiger partial charge < -0.3 is 19.1 Å². The Balaban J connectivity index is 2.39. The second-order valence-corrected chi connectivity index (χ2v) is 4.72. The van der Waals surface area contributed by atoms with Crippen LogP contribution in [0.3, 0.4) is 0 Å². The van der Waals surface area contributed by atoms with Crippen molar-refractivity contribution in [3.05, 3.63) is 24.0 Å². The maximum Gasteiger partial charge on any atom is 0.261 e. The van der Waals surface area contributed by atoms with Gasteiger partial charge >= 0.3 is 0 Å². The Morgan fingerprint density at radius 1 is 1.35 bits per heavy atom. The number of hydrogen-bond acceptors (Lipinski definition) is 6. The molecule has 0 bridgehead atoms. The average molecular weight is 278 g/mol. The fourth-order valence-electron chi connectivity index (χ4n) is 1.86. The SMILES string of the molecule is CCOC(C)(C)c1noc(-c2cccc(OC)c2O)n1. The summed E-state index contributed by atoms with van der Waals surface area (Å²) in [6.45, 7) is 6.16. The number of phenols is 1. The quantitative estimate of drug-likeness (QED) is 0.906. The number of ether oxygens (including phenoxy) is 2. The summed E-state index contributed by atoms with van der Waals surface area (Å²) in [4.78, 5) is 4.29. The lowest BCUT2D eigenvalue weighted by molar-refractivity contribution is -0.0221. The van der Waals surface area contributed by atoms with Gasteiger partial charge in [0.2, 0.25) is 5.82 Å². The molecule has 1 heterocycles. The van der Waals surface area contributed by atoms with Gasteiger partial charge in [0.1, 0.15) is 5.60 Å². The van der Waals surface area contributed by atoms with Gasteiger partial charge in [-0.05, 0) is 32.9 Å². The fraction of sp³-hybridized carbons (Fsp3) is 0.429. The average Bonchev–Trinajstić information content (AvgIpc) is 2.89. The Hall–Kier alpha value is -2.08. The van der Waals surface area contributed by atoms with Crippen LogP contribution in [0, 0.1) is 0 Å². The van der Waals surface area contributed by atoms with E-state index in [-0.39, 0.29) is 11.6 Å². The van der Waals surface area contributed by atoms with Gasteiger partial charge in [-0.1, -0.05) is 11.2 Å². The first-order chi connectivity index (χ1) is 9.49. The predicted octanol–water partition coefficient (Wildman–Crippen LogP) is 2.72. The Kier molecular flexibility index (Phi) is 3.94. The molecule has 0 spiro atoms. The second-order valence-electron chi connectivity index (χ2n) is 4.72. The number of rotatable bonds is 5. The highest BCUT2D eigenvalue weighted by atomic mass is 16.5. The molecule has 0 atom stereocenters. The third-order valence-corrected chi connectivity index (χ3v) is 2.92. The largest absolute Gasteiger partial charge is 0.504 e. The normalized spacial score (nSPS) is 11.6. The van der Waals surface area contributed by atoms with Crippen LogP contribution in [0.5, 0.6) is 11.5 Å². The number of aromatic nitrogens is 2. The van der Waals surface area contributed by atoms with Gasteiger partial charge in [0.05, 0.1) is 12.7 Å². The summed E-state index contributed by atoms with van der Waals surface area (Å²) in [5.74, 6) is 0.978. The second kappa shape index (κ2) is 5.50. The van der Waals surface area contributed by atoms with Gasteiger partial charge in [-0.15, -0.1) is 0 Å². The van der Waals surface area contributed by atoms with E-state index in [4.69, 9.17) is 14.0 Å². The standard InChI is InChI=1S/C14H18N2O4/c1-5-19-14(2,3)13-15-12(20-16-13)9-7-6-8-10(18-4)11(9)17/h6-8,17H,5H2,1-4H3. The molecule has 20 heavy (non-hydrogen) atoms. The minimum atomic E-state index is -0.648. The number of aromatic hydroxyl groups is 1. The van der Waals surface area contributed by atoms with E-state index < -0.39 is 5.60 Å². The van der Waals surface area contributed by atoms with Crippen molar-refractivity contribution in [1.29, 1.82) is 0 Å². The molecule has 0 radical (unpaired) electrons.